The first-order chi connectivity index (χ1) is 15.8. The molecule has 1 aromatic heterocycles. The van der Waals surface area contributed by atoms with E-state index in [2.05, 4.69) is 56.6 Å². The van der Waals surface area contributed by atoms with Crippen molar-refractivity contribution >= 4 is 5.69 Å². The monoisotopic (exact) mass is 435 g/mol. The second-order valence-electron chi connectivity index (χ2n) is 9.40. The van der Waals surface area contributed by atoms with Crippen molar-refractivity contribution in [3.63, 3.8) is 0 Å². The summed E-state index contributed by atoms with van der Waals surface area (Å²) in [5, 5.41) is 6.95. The summed E-state index contributed by atoms with van der Waals surface area (Å²) in [6.45, 7) is 10.3. The van der Waals surface area contributed by atoms with Crippen LogP contribution in [0.5, 0.6) is 0 Å². The van der Waals surface area contributed by atoms with Gasteiger partial charge in [0.2, 0.25) is 0 Å². The van der Waals surface area contributed by atoms with Gasteiger partial charge in [0, 0.05) is 62.9 Å². The highest BCUT2D eigenvalue weighted by atomic mass is 15.3. The maximum Gasteiger partial charge on any atom is 0.0435 e. The third-order valence-electron chi connectivity index (χ3n) is 7.08. The molecule has 3 heterocycles. The third-order valence-corrected chi connectivity index (χ3v) is 7.08. The molecule has 1 aliphatic carbocycles. The quantitative estimate of drug-likeness (QED) is 0.754. The lowest BCUT2D eigenvalue weighted by Gasteiger charge is -2.38. The Labute approximate surface area is 194 Å². The second kappa shape index (κ2) is 11.8. The lowest BCUT2D eigenvalue weighted by atomic mass is 9.93. The van der Waals surface area contributed by atoms with Gasteiger partial charge in [0.25, 0.3) is 0 Å². The Balaban J connectivity index is 0.000000203. The minimum absolute atomic E-state index is 0.556. The van der Waals surface area contributed by atoms with Gasteiger partial charge in [0.05, 0.1) is 0 Å². The fraction of sp³-hybridized carbons (Fsp3) is 0.593. The van der Waals surface area contributed by atoms with Gasteiger partial charge in [0.1, 0.15) is 0 Å². The van der Waals surface area contributed by atoms with Crippen molar-refractivity contribution in [2.45, 2.75) is 58.0 Å². The van der Waals surface area contributed by atoms with E-state index < -0.39 is 0 Å². The molecule has 5 nitrogen and oxygen atoms in total. The minimum atomic E-state index is 0.556. The van der Waals surface area contributed by atoms with Crippen LogP contribution < -0.4 is 15.5 Å². The normalized spacial score (nSPS) is 20.7. The number of anilines is 1. The van der Waals surface area contributed by atoms with Gasteiger partial charge in [0.15, 0.2) is 0 Å². The van der Waals surface area contributed by atoms with E-state index in [1.165, 1.54) is 87.3 Å². The zero-order chi connectivity index (χ0) is 22.2. The van der Waals surface area contributed by atoms with Crippen LogP contribution in [0, 0.1) is 0 Å². The molecular formula is C27H41N5. The molecule has 1 aromatic carbocycles. The molecule has 0 spiro atoms. The van der Waals surface area contributed by atoms with Crippen LogP contribution in [0.4, 0.5) is 5.69 Å². The highest BCUT2D eigenvalue weighted by Crippen LogP contribution is 2.29. The Kier molecular flexibility index (Phi) is 8.55. The first-order valence-electron chi connectivity index (χ1n) is 12.7. The van der Waals surface area contributed by atoms with Gasteiger partial charge in [-0.3, -0.25) is 9.88 Å². The van der Waals surface area contributed by atoms with E-state index in [0.29, 0.717) is 6.04 Å². The molecule has 2 aromatic rings. The highest BCUT2D eigenvalue weighted by molar-refractivity contribution is 5.58. The van der Waals surface area contributed by atoms with Gasteiger partial charge in [-0.05, 0) is 80.9 Å². The average Bonchev–Trinajstić information content (AvgIpc) is 2.85. The number of nitrogens with zero attached hydrogens (tertiary/aromatic N) is 3. The Bertz CT molecular complexity index is 819. The van der Waals surface area contributed by atoms with Crippen molar-refractivity contribution in [2.24, 2.45) is 0 Å². The van der Waals surface area contributed by atoms with Gasteiger partial charge >= 0.3 is 0 Å². The fourth-order valence-corrected chi connectivity index (χ4v) is 5.34. The summed E-state index contributed by atoms with van der Waals surface area (Å²) >= 11 is 0. The minimum Gasteiger partial charge on any atom is -0.369 e. The lowest BCUT2D eigenvalue weighted by Crippen LogP contribution is -2.48. The standard InChI is InChI=1S/C18H30N4.C9H11N/c1-3-7-21-8-10-22(11-9-21)18-6-4-5-15-13-20-16(14-19-2)12-17(15)18;1-2-6-9-8(4-1)5-3-7-10-9/h4-6,16,19-20H,3,7-14H2,1-2H3;3,5,7H,1-2,4,6H2. The number of piperazine rings is 1. The van der Waals surface area contributed by atoms with Gasteiger partial charge in [-0.25, -0.2) is 0 Å². The van der Waals surface area contributed by atoms with Gasteiger partial charge in [-0.1, -0.05) is 25.1 Å². The molecule has 1 unspecified atom stereocenters. The van der Waals surface area contributed by atoms with Crippen molar-refractivity contribution in [3.8, 4) is 0 Å². The number of likely N-dealkylation sites (N-methyl/N-ethyl adjacent to an activating group) is 1. The van der Waals surface area contributed by atoms with Crippen LogP contribution in [-0.4, -0.2) is 62.2 Å². The zero-order valence-corrected chi connectivity index (χ0v) is 20.1. The van der Waals surface area contributed by atoms with Gasteiger partial charge < -0.3 is 15.5 Å². The highest BCUT2D eigenvalue weighted by Gasteiger charge is 2.24. The predicted octanol–water partition coefficient (Wildman–Crippen LogP) is 3.41. The Hall–Kier alpha value is -1.95. The van der Waals surface area contributed by atoms with E-state index >= 15 is 0 Å². The number of pyridine rings is 1. The first kappa shape index (κ1) is 23.2. The van der Waals surface area contributed by atoms with Crippen molar-refractivity contribution < 1.29 is 0 Å². The molecule has 5 rings (SSSR count). The average molecular weight is 436 g/mol. The van der Waals surface area contributed by atoms with Crippen LogP contribution in [-0.2, 0) is 25.8 Å². The van der Waals surface area contributed by atoms with E-state index in [-0.39, 0.29) is 0 Å². The lowest BCUT2D eigenvalue weighted by molar-refractivity contribution is 0.258. The molecule has 32 heavy (non-hydrogen) atoms. The van der Waals surface area contributed by atoms with Crippen LogP contribution in [0.2, 0.25) is 0 Å². The molecule has 0 amide bonds. The summed E-state index contributed by atoms with van der Waals surface area (Å²) in [4.78, 5) is 9.52. The molecule has 1 atom stereocenters. The Morgan fingerprint density at radius 1 is 1.03 bits per heavy atom. The molecular weight excluding hydrogens is 394 g/mol. The number of aromatic nitrogens is 1. The van der Waals surface area contributed by atoms with Crippen molar-refractivity contribution in [2.75, 3.05) is 51.2 Å². The molecule has 0 radical (unpaired) electrons. The van der Waals surface area contributed by atoms with Gasteiger partial charge in [-0.15, -0.1) is 0 Å². The topological polar surface area (TPSA) is 43.4 Å². The molecule has 3 aliphatic rings. The number of fused-ring (bicyclic) bond motifs is 2. The van der Waals surface area contributed by atoms with Crippen LogP contribution in [0.3, 0.4) is 0 Å². The Morgan fingerprint density at radius 2 is 1.84 bits per heavy atom. The maximum atomic E-state index is 4.32. The molecule has 174 valence electrons. The molecule has 1 saturated heterocycles. The SMILES string of the molecule is CCCN1CCN(c2cccc3c2CC(CNC)NC3)CC1.c1cnc2c(c1)CCCC2. The number of hydrogen-bond acceptors (Lipinski definition) is 5. The summed E-state index contributed by atoms with van der Waals surface area (Å²) in [6.07, 6.45) is 9.39. The van der Waals surface area contributed by atoms with E-state index in [1.807, 2.05) is 19.3 Å². The molecule has 1 fully saturated rings. The van der Waals surface area contributed by atoms with Crippen LogP contribution in [0.25, 0.3) is 0 Å². The van der Waals surface area contributed by atoms with E-state index in [4.69, 9.17) is 0 Å². The second-order valence-corrected chi connectivity index (χ2v) is 9.40. The third kappa shape index (κ3) is 5.89. The smallest absolute Gasteiger partial charge is 0.0435 e. The van der Waals surface area contributed by atoms with Crippen LogP contribution >= 0.6 is 0 Å². The molecule has 0 saturated carbocycles. The fourth-order valence-electron chi connectivity index (χ4n) is 5.34. The van der Waals surface area contributed by atoms with Gasteiger partial charge in [-0.2, -0.15) is 0 Å². The largest absolute Gasteiger partial charge is 0.369 e. The van der Waals surface area contributed by atoms with Crippen molar-refractivity contribution in [1.82, 2.24) is 20.5 Å². The molecule has 0 bridgehead atoms. The van der Waals surface area contributed by atoms with Crippen molar-refractivity contribution in [1.29, 1.82) is 0 Å². The summed E-state index contributed by atoms with van der Waals surface area (Å²) < 4.78 is 0. The maximum absolute atomic E-state index is 4.32. The molecule has 2 aliphatic heterocycles. The predicted molar refractivity (Wildman–Crippen MR) is 135 cm³/mol. The number of rotatable bonds is 5. The van der Waals surface area contributed by atoms with E-state index in [1.54, 1.807) is 5.56 Å². The van der Waals surface area contributed by atoms with E-state index in [9.17, 15) is 0 Å². The zero-order valence-electron chi connectivity index (χ0n) is 20.1. The number of benzene rings is 1. The number of hydrogen-bond donors (Lipinski definition) is 2. The first-order valence-corrected chi connectivity index (χ1v) is 12.7. The van der Waals surface area contributed by atoms with Crippen LogP contribution in [0.15, 0.2) is 36.5 Å². The molecule has 2 N–H and O–H groups in total. The van der Waals surface area contributed by atoms with E-state index in [0.717, 1.165) is 19.5 Å². The number of aryl methyl sites for hydroxylation is 2. The Morgan fingerprint density at radius 3 is 2.62 bits per heavy atom. The van der Waals surface area contributed by atoms with Crippen LogP contribution in [0.1, 0.15) is 48.6 Å². The molecule has 5 heteroatoms. The van der Waals surface area contributed by atoms with Crippen molar-refractivity contribution in [3.05, 3.63) is 58.9 Å². The number of nitrogens with one attached hydrogen (secondary N) is 2. The summed E-state index contributed by atoms with van der Waals surface area (Å²) in [5.41, 5.74) is 7.34. The summed E-state index contributed by atoms with van der Waals surface area (Å²) in [7, 11) is 2.04. The summed E-state index contributed by atoms with van der Waals surface area (Å²) in [6, 6.07) is 11.6. The summed E-state index contributed by atoms with van der Waals surface area (Å²) in [5.74, 6) is 0.